The molecule has 0 aliphatic carbocycles. The van der Waals surface area contributed by atoms with Crippen LogP contribution in [0, 0.1) is 17.4 Å². The zero-order chi connectivity index (χ0) is 13.2. The Bertz CT molecular complexity index is 612. The van der Waals surface area contributed by atoms with E-state index in [4.69, 9.17) is 5.26 Å². The lowest BCUT2D eigenvalue weighted by atomic mass is 10.0. The third-order valence-corrected chi connectivity index (χ3v) is 2.31. The lowest BCUT2D eigenvalue weighted by molar-refractivity contribution is -0.137. The zero-order valence-electron chi connectivity index (χ0n) is 8.99. The van der Waals surface area contributed by atoms with Gasteiger partial charge in [0, 0.05) is 6.20 Å². The summed E-state index contributed by atoms with van der Waals surface area (Å²) in [5, 5.41) is 8.69. The van der Waals surface area contributed by atoms with Gasteiger partial charge in [0.15, 0.2) is 0 Å². The van der Waals surface area contributed by atoms with Crippen molar-refractivity contribution in [3.63, 3.8) is 0 Å². The number of halogens is 3. The van der Waals surface area contributed by atoms with Crippen LogP contribution in [0.5, 0.6) is 0 Å². The number of benzene rings is 1. The minimum atomic E-state index is -4.39. The molecule has 1 radical (unpaired) electrons. The molecule has 0 saturated heterocycles. The van der Waals surface area contributed by atoms with Crippen molar-refractivity contribution in [1.82, 2.24) is 4.98 Å². The smallest absolute Gasteiger partial charge is 0.246 e. The Morgan fingerprint density at radius 3 is 2.67 bits per heavy atom. The van der Waals surface area contributed by atoms with Gasteiger partial charge in [0.1, 0.15) is 11.8 Å². The van der Waals surface area contributed by atoms with Gasteiger partial charge in [-0.05, 0) is 41.5 Å². The van der Waals surface area contributed by atoms with Crippen LogP contribution in [0.4, 0.5) is 13.2 Å². The van der Waals surface area contributed by atoms with Gasteiger partial charge in [-0.15, -0.1) is 0 Å². The van der Waals surface area contributed by atoms with Gasteiger partial charge in [0.05, 0.1) is 5.56 Å². The highest BCUT2D eigenvalue weighted by atomic mass is 19.4. The number of nitriles is 1. The van der Waals surface area contributed by atoms with Gasteiger partial charge < -0.3 is 0 Å². The number of hydrogen-bond acceptors (Lipinski definition) is 2. The van der Waals surface area contributed by atoms with E-state index >= 15 is 0 Å². The zero-order valence-corrected chi connectivity index (χ0v) is 8.99. The lowest BCUT2D eigenvalue weighted by Crippen LogP contribution is -2.04. The molecular weight excluding hydrogens is 241 g/mol. The fraction of sp³-hybridized carbons (Fsp3) is 0.0769. The quantitative estimate of drug-likeness (QED) is 0.773. The van der Waals surface area contributed by atoms with Gasteiger partial charge in [-0.2, -0.15) is 18.4 Å². The average Bonchev–Trinajstić information content (AvgIpc) is 2.38. The molecule has 0 N–H and O–H groups in total. The van der Waals surface area contributed by atoms with Crippen molar-refractivity contribution >= 4 is 0 Å². The highest BCUT2D eigenvalue weighted by Crippen LogP contribution is 2.31. The van der Waals surface area contributed by atoms with Gasteiger partial charge in [0.25, 0.3) is 0 Å². The minimum Gasteiger partial charge on any atom is -0.246 e. The van der Waals surface area contributed by atoms with Gasteiger partial charge in [-0.25, -0.2) is 4.98 Å². The van der Waals surface area contributed by atoms with Crippen LogP contribution in [0.2, 0.25) is 0 Å². The third kappa shape index (κ3) is 2.48. The Labute approximate surface area is 101 Å². The molecule has 89 valence electrons. The van der Waals surface area contributed by atoms with Crippen molar-refractivity contribution < 1.29 is 13.2 Å². The SMILES string of the molecule is N#Cc1cc(-c2[c]ccc(C(F)(F)F)c2)ccn1. The Hall–Kier alpha value is -2.35. The predicted molar refractivity (Wildman–Crippen MR) is 58.2 cm³/mol. The van der Waals surface area contributed by atoms with E-state index in [1.807, 2.05) is 6.07 Å². The molecule has 0 amide bonds. The minimum absolute atomic E-state index is 0.151. The Kier molecular flexibility index (Phi) is 3.02. The van der Waals surface area contributed by atoms with Crippen molar-refractivity contribution in [3.8, 4) is 17.2 Å². The van der Waals surface area contributed by atoms with Crippen LogP contribution in [-0.2, 0) is 6.18 Å². The standard InChI is InChI=1S/C13H6F3N2/c14-13(15,16)11-3-1-2-9(6-11)10-4-5-18-12(7-10)8-17/h1,3-7H. The molecule has 0 aliphatic heterocycles. The maximum absolute atomic E-state index is 12.6. The summed E-state index contributed by atoms with van der Waals surface area (Å²) in [6.07, 6.45) is -3.02. The fourth-order valence-electron chi connectivity index (χ4n) is 1.47. The number of rotatable bonds is 1. The van der Waals surface area contributed by atoms with E-state index in [2.05, 4.69) is 11.1 Å². The second-order valence-corrected chi connectivity index (χ2v) is 3.53. The van der Waals surface area contributed by atoms with E-state index in [9.17, 15) is 13.2 Å². The highest BCUT2D eigenvalue weighted by Gasteiger charge is 2.30. The third-order valence-electron chi connectivity index (χ3n) is 2.31. The van der Waals surface area contributed by atoms with Crippen molar-refractivity contribution in [2.24, 2.45) is 0 Å². The van der Waals surface area contributed by atoms with Crippen LogP contribution in [0.25, 0.3) is 11.1 Å². The molecule has 0 spiro atoms. The van der Waals surface area contributed by atoms with Crippen molar-refractivity contribution in [2.45, 2.75) is 6.18 Å². The molecule has 0 aliphatic rings. The molecule has 1 heterocycles. The molecule has 0 fully saturated rings. The second-order valence-electron chi connectivity index (χ2n) is 3.53. The first-order chi connectivity index (χ1) is 8.50. The average molecular weight is 247 g/mol. The number of hydrogen-bond donors (Lipinski definition) is 0. The fourth-order valence-corrected chi connectivity index (χ4v) is 1.47. The first kappa shape index (κ1) is 12.1. The summed E-state index contributed by atoms with van der Waals surface area (Å²) in [5.41, 5.74) is 0.168. The Morgan fingerprint density at radius 1 is 1.22 bits per heavy atom. The Morgan fingerprint density at radius 2 is 2.00 bits per heavy atom. The van der Waals surface area contributed by atoms with E-state index in [0.717, 1.165) is 12.1 Å². The monoisotopic (exact) mass is 247 g/mol. The number of nitrogens with zero attached hydrogens (tertiary/aromatic N) is 2. The van der Waals surface area contributed by atoms with Crippen LogP contribution in [0.1, 0.15) is 11.3 Å². The number of alkyl halides is 3. The van der Waals surface area contributed by atoms with Gasteiger partial charge in [0.2, 0.25) is 0 Å². The second kappa shape index (κ2) is 4.49. The lowest BCUT2D eigenvalue weighted by Gasteiger charge is -2.08. The van der Waals surface area contributed by atoms with E-state index < -0.39 is 11.7 Å². The van der Waals surface area contributed by atoms with Crippen LogP contribution in [-0.4, -0.2) is 4.98 Å². The number of aromatic nitrogens is 1. The normalized spacial score (nSPS) is 11.0. The molecule has 18 heavy (non-hydrogen) atoms. The molecule has 2 nitrogen and oxygen atoms in total. The van der Waals surface area contributed by atoms with Crippen molar-refractivity contribution in [1.29, 1.82) is 5.26 Å². The summed E-state index contributed by atoms with van der Waals surface area (Å²) >= 11 is 0. The molecule has 2 aromatic rings. The summed E-state index contributed by atoms with van der Waals surface area (Å²) in [7, 11) is 0. The first-order valence-corrected chi connectivity index (χ1v) is 4.96. The first-order valence-electron chi connectivity index (χ1n) is 4.96. The molecule has 0 unspecified atom stereocenters. The maximum Gasteiger partial charge on any atom is 0.416 e. The van der Waals surface area contributed by atoms with Crippen LogP contribution >= 0.6 is 0 Å². The highest BCUT2D eigenvalue weighted by molar-refractivity contribution is 5.64. The Balaban J connectivity index is 2.48. The molecule has 0 atom stereocenters. The van der Waals surface area contributed by atoms with Crippen LogP contribution < -0.4 is 0 Å². The molecule has 2 rings (SSSR count). The van der Waals surface area contributed by atoms with Gasteiger partial charge in [-0.3, -0.25) is 0 Å². The summed E-state index contributed by atoms with van der Waals surface area (Å²) in [6, 6.07) is 10.7. The van der Waals surface area contributed by atoms with E-state index in [1.165, 1.54) is 24.4 Å². The molecule has 1 aromatic carbocycles. The summed E-state index contributed by atoms with van der Waals surface area (Å²) in [6.45, 7) is 0. The van der Waals surface area contributed by atoms with Crippen LogP contribution in [0.3, 0.4) is 0 Å². The summed E-state index contributed by atoms with van der Waals surface area (Å²) < 4.78 is 37.7. The van der Waals surface area contributed by atoms with E-state index in [1.54, 1.807) is 0 Å². The molecule has 0 bridgehead atoms. The maximum atomic E-state index is 12.6. The van der Waals surface area contributed by atoms with Crippen LogP contribution in [0.15, 0.2) is 36.5 Å². The summed E-state index contributed by atoms with van der Waals surface area (Å²) in [5.74, 6) is 0. The van der Waals surface area contributed by atoms with E-state index in [0.29, 0.717) is 5.56 Å². The van der Waals surface area contributed by atoms with Gasteiger partial charge >= 0.3 is 6.18 Å². The summed E-state index contributed by atoms with van der Waals surface area (Å²) in [4.78, 5) is 3.76. The number of pyridine rings is 1. The van der Waals surface area contributed by atoms with Gasteiger partial charge in [-0.1, -0.05) is 6.07 Å². The predicted octanol–water partition coefficient (Wildman–Crippen LogP) is 3.44. The molecule has 1 aromatic heterocycles. The topological polar surface area (TPSA) is 36.7 Å². The molecule has 5 heteroatoms. The molecule has 0 saturated carbocycles. The van der Waals surface area contributed by atoms with Crippen molar-refractivity contribution in [2.75, 3.05) is 0 Å². The largest absolute Gasteiger partial charge is 0.416 e. The molecular formula is C13H6F3N2. The van der Waals surface area contributed by atoms with Crippen molar-refractivity contribution in [3.05, 3.63) is 53.9 Å². The van der Waals surface area contributed by atoms with E-state index in [-0.39, 0.29) is 11.3 Å².